The Kier molecular flexibility index (Phi) is 5.34. The predicted molar refractivity (Wildman–Crippen MR) is 104 cm³/mol. The van der Waals surface area contributed by atoms with Crippen molar-refractivity contribution in [2.24, 2.45) is 0 Å². The van der Waals surface area contributed by atoms with Crippen LogP contribution in [0.3, 0.4) is 0 Å². The summed E-state index contributed by atoms with van der Waals surface area (Å²) in [5.74, 6) is 4.48. The van der Waals surface area contributed by atoms with Crippen LogP contribution in [-0.2, 0) is 19.4 Å². The molecule has 0 saturated carbocycles. The van der Waals surface area contributed by atoms with E-state index in [1.165, 1.54) is 11.1 Å². The van der Waals surface area contributed by atoms with Gasteiger partial charge < -0.3 is 9.47 Å². The minimum absolute atomic E-state index is 0.259. The van der Waals surface area contributed by atoms with Gasteiger partial charge in [0.1, 0.15) is 23.4 Å². The summed E-state index contributed by atoms with van der Waals surface area (Å²) in [6.45, 7) is 9.97. The van der Waals surface area contributed by atoms with Gasteiger partial charge in [-0.15, -0.1) is 0 Å². The normalized spacial score (nSPS) is 20.5. The lowest BCUT2D eigenvalue weighted by atomic mass is 9.95. The molecule has 146 valence electrons. The summed E-state index contributed by atoms with van der Waals surface area (Å²) in [5, 5.41) is 7.46. The molecule has 6 heteroatoms. The Labute approximate surface area is 161 Å². The van der Waals surface area contributed by atoms with Crippen LogP contribution in [0.5, 0.6) is 11.5 Å². The van der Waals surface area contributed by atoms with Gasteiger partial charge >= 0.3 is 0 Å². The molecule has 0 amide bonds. The maximum Gasteiger partial charge on any atom is 0.153 e. The fraction of sp³-hybridized carbons (Fsp3) is 0.619. The maximum atomic E-state index is 5.96. The number of hydrogen-bond donors (Lipinski definition) is 1. The number of nitrogens with one attached hydrogen (secondary N) is 1. The first-order chi connectivity index (χ1) is 13.2. The standard InChI is InChI=1S/C21H30N4O2/c1-4-20-22-21(24-23-20)15-6-8-25(9-7-15)13-17-12-19-16(10-14(3)27-19)11-18(17)26-5-2/h11-12,14-15H,4-10,13H2,1-3H3,(H,22,23,24). The maximum absolute atomic E-state index is 5.96. The second kappa shape index (κ2) is 7.89. The monoisotopic (exact) mass is 370 g/mol. The third-order valence-corrected chi connectivity index (χ3v) is 5.61. The predicted octanol–water partition coefficient (Wildman–Crippen LogP) is 3.47. The van der Waals surface area contributed by atoms with Crippen molar-refractivity contribution in [1.29, 1.82) is 0 Å². The van der Waals surface area contributed by atoms with E-state index in [1.807, 2.05) is 6.92 Å². The van der Waals surface area contributed by atoms with E-state index in [4.69, 9.17) is 9.47 Å². The van der Waals surface area contributed by atoms with Crippen LogP contribution in [0.2, 0.25) is 0 Å². The van der Waals surface area contributed by atoms with Crippen LogP contribution < -0.4 is 9.47 Å². The number of hydrogen-bond acceptors (Lipinski definition) is 5. The number of fused-ring (bicyclic) bond motifs is 1. The average molecular weight is 370 g/mol. The molecule has 2 aliphatic heterocycles. The topological polar surface area (TPSA) is 63.3 Å². The molecule has 1 atom stereocenters. The molecule has 1 saturated heterocycles. The third-order valence-electron chi connectivity index (χ3n) is 5.61. The summed E-state index contributed by atoms with van der Waals surface area (Å²) in [6, 6.07) is 4.38. The van der Waals surface area contributed by atoms with Crippen LogP contribution in [0.4, 0.5) is 0 Å². The van der Waals surface area contributed by atoms with Crippen molar-refractivity contribution < 1.29 is 9.47 Å². The summed E-state index contributed by atoms with van der Waals surface area (Å²) in [7, 11) is 0. The first kappa shape index (κ1) is 18.3. The molecule has 1 aromatic carbocycles. The molecule has 2 aliphatic rings. The second-order valence-electron chi connectivity index (χ2n) is 7.68. The van der Waals surface area contributed by atoms with E-state index in [2.05, 4.69) is 46.1 Å². The van der Waals surface area contributed by atoms with E-state index < -0.39 is 0 Å². The quantitative estimate of drug-likeness (QED) is 0.844. The minimum atomic E-state index is 0.259. The van der Waals surface area contributed by atoms with Crippen LogP contribution in [-0.4, -0.2) is 45.9 Å². The lowest BCUT2D eigenvalue weighted by molar-refractivity contribution is 0.198. The number of piperidine rings is 1. The number of nitrogens with zero attached hydrogens (tertiary/aromatic N) is 3. The highest BCUT2D eigenvalue weighted by molar-refractivity contribution is 5.48. The van der Waals surface area contributed by atoms with Crippen LogP contribution in [0.15, 0.2) is 12.1 Å². The Morgan fingerprint density at radius 1 is 1.26 bits per heavy atom. The number of aromatic amines is 1. The number of likely N-dealkylation sites (tertiary alicyclic amines) is 1. The highest BCUT2D eigenvalue weighted by atomic mass is 16.5. The molecule has 4 rings (SSSR count). The summed E-state index contributed by atoms with van der Waals surface area (Å²) >= 11 is 0. The van der Waals surface area contributed by atoms with Gasteiger partial charge in [0.05, 0.1) is 6.61 Å². The highest BCUT2D eigenvalue weighted by Gasteiger charge is 2.26. The van der Waals surface area contributed by atoms with E-state index in [9.17, 15) is 0 Å². The fourth-order valence-corrected chi connectivity index (χ4v) is 4.14. The second-order valence-corrected chi connectivity index (χ2v) is 7.68. The van der Waals surface area contributed by atoms with Gasteiger partial charge in [-0.3, -0.25) is 10.00 Å². The van der Waals surface area contributed by atoms with Gasteiger partial charge in [-0.25, -0.2) is 4.98 Å². The van der Waals surface area contributed by atoms with E-state index in [0.717, 1.165) is 68.5 Å². The van der Waals surface area contributed by atoms with Gasteiger partial charge in [0.2, 0.25) is 0 Å². The molecule has 0 aliphatic carbocycles. The van der Waals surface area contributed by atoms with Gasteiger partial charge in [0, 0.05) is 36.4 Å². The van der Waals surface area contributed by atoms with Gasteiger partial charge in [-0.1, -0.05) is 6.92 Å². The highest BCUT2D eigenvalue weighted by Crippen LogP contribution is 2.36. The van der Waals surface area contributed by atoms with Crippen molar-refractivity contribution in [2.45, 2.75) is 65.0 Å². The zero-order chi connectivity index (χ0) is 18.8. The van der Waals surface area contributed by atoms with Crippen LogP contribution in [0, 0.1) is 0 Å². The van der Waals surface area contributed by atoms with Crippen molar-refractivity contribution in [1.82, 2.24) is 20.1 Å². The SMILES string of the molecule is CCOc1cc2c(cc1CN1CCC(c3n[nH]c(CC)n3)CC1)OC(C)C2. The average Bonchev–Trinajstić information content (AvgIpc) is 3.28. The smallest absolute Gasteiger partial charge is 0.153 e. The molecular weight excluding hydrogens is 340 g/mol. The van der Waals surface area contributed by atoms with Gasteiger partial charge in [-0.2, -0.15) is 5.10 Å². The molecule has 1 aromatic heterocycles. The molecule has 1 N–H and O–H groups in total. The Bertz CT molecular complexity index is 780. The molecule has 3 heterocycles. The zero-order valence-corrected chi connectivity index (χ0v) is 16.6. The molecular formula is C21H30N4O2. The van der Waals surface area contributed by atoms with Gasteiger partial charge in [0.15, 0.2) is 5.82 Å². The Hall–Kier alpha value is -2.08. The largest absolute Gasteiger partial charge is 0.494 e. The van der Waals surface area contributed by atoms with Crippen molar-refractivity contribution in [2.75, 3.05) is 19.7 Å². The first-order valence-corrected chi connectivity index (χ1v) is 10.2. The van der Waals surface area contributed by atoms with Gasteiger partial charge in [0.25, 0.3) is 0 Å². The van der Waals surface area contributed by atoms with Crippen molar-refractivity contribution in [3.63, 3.8) is 0 Å². The molecule has 6 nitrogen and oxygen atoms in total. The lowest BCUT2D eigenvalue weighted by Gasteiger charge is -2.31. The summed E-state index contributed by atoms with van der Waals surface area (Å²) in [6.07, 6.45) is 4.34. The van der Waals surface area contributed by atoms with E-state index >= 15 is 0 Å². The Morgan fingerprint density at radius 3 is 2.78 bits per heavy atom. The summed E-state index contributed by atoms with van der Waals surface area (Å²) in [5.41, 5.74) is 2.50. The fourth-order valence-electron chi connectivity index (χ4n) is 4.14. The Morgan fingerprint density at radius 2 is 2.07 bits per heavy atom. The molecule has 0 spiro atoms. The van der Waals surface area contributed by atoms with Crippen molar-refractivity contribution in [3.8, 4) is 11.5 Å². The van der Waals surface area contributed by atoms with E-state index in [-0.39, 0.29) is 6.10 Å². The number of aromatic nitrogens is 3. The van der Waals surface area contributed by atoms with Crippen LogP contribution >= 0.6 is 0 Å². The number of benzene rings is 1. The number of ether oxygens (including phenoxy) is 2. The van der Waals surface area contributed by atoms with E-state index in [1.54, 1.807) is 0 Å². The van der Waals surface area contributed by atoms with E-state index in [0.29, 0.717) is 12.5 Å². The molecule has 2 aromatic rings. The van der Waals surface area contributed by atoms with Gasteiger partial charge in [-0.05, 0) is 51.9 Å². The molecule has 0 bridgehead atoms. The zero-order valence-electron chi connectivity index (χ0n) is 16.6. The first-order valence-electron chi connectivity index (χ1n) is 10.2. The number of rotatable bonds is 6. The summed E-state index contributed by atoms with van der Waals surface area (Å²) in [4.78, 5) is 7.13. The minimum Gasteiger partial charge on any atom is -0.494 e. The lowest BCUT2D eigenvalue weighted by Crippen LogP contribution is -2.33. The van der Waals surface area contributed by atoms with Crippen LogP contribution in [0.25, 0.3) is 0 Å². The molecule has 1 unspecified atom stereocenters. The molecule has 27 heavy (non-hydrogen) atoms. The van der Waals surface area contributed by atoms with Crippen molar-refractivity contribution >= 4 is 0 Å². The Balaban J connectivity index is 1.42. The third kappa shape index (κ3) is 3.95. The van der Waals surface area contributed by atoms with Crippen LogP contribution in [0.1, 0.15) is 62.3 Å². The summed E-state index contributed by atoms with van der Waals surface area (Å²) < 4.78 is 11.9. The number of H-pyrrole nitrogens is 1. The number of aryl methyl sites for hydroxylation is 1. The molecule has 0 radical (unpaired) electrons. The van der Waals surface area contributed by atoms with Crippen molar-refractivity contribution in [3.05, 3.63) is 34.9 Å². The molecule has 1 fully saturated rings.